The van der Waals surface area contributed by atoms with Crippen molar-refractivity contribution in [3.8, 4) is 0 Å². The quantitative estimate of drug-likeness (QED) is 0.639. The lowest BCUT2D eigenvalue weighted by Gasteiger charge is -2.09. The number of primary amides is 1. The lowest BCUT2D eigenvalue weighted by atomic mass is 10.2. The summed E-state index contributed by atoms with van der Waals surface area (Å²) in [5.41, 5.74) is 6.07. The molecule has 1 aromatic carbocycles. The van der Waals surface area contributed by atoms with Crippen molar-refractivity contribution >= 4 is 40.2 Å². The van der Waals surface area contributed by atoms with Crippen LogP contribution in [0.5, 0.6) is 0 Å². The van der Waals surface area contributed by atoms with Gasteiger partial charge in [0.2, 0.25) is 0 Å². The average molecular weight is 382 g/mol. The molecule has 0 bridgehead atoms. The van der Waals surface area contributed by atoms with Gasteiger partial charge in [-0.2, -0.15) is 4.37 Å². The molecule has 0 unspecified atom stereocenters. The van der Waals surface area contributed by atoms with Crippen molar-refractivity contribution < 1.29 is 14.0 Å². The molecule has 1 heterocycles. The molecule has 0 saturated carbocycles. The number of hydrogen-bond acceptors (Lipinski definition) is 5. The van der Waals surface area contributed by atoms with E-state index in [-0.39, 0.29) is 16.4 Å². The number of halogens is 1. The second kappa shape index (κ2) is 8.82. The van der Waals surface area contributed by atoms with Gasteiger partial charge in [0.1, 0.15) is 21.4 Å². The van der Waals surface area contributed by atoms with E-state index in [2.05, 4.69) is 15.0 Å². The molecular formula is C16H19FN4O2S2. The van der Waals surface area contributed by atoms with Gasteiger partial charge in [-0.05, 0) is 29.1 Å². The van der Waals surface area contributed by atoms with Crippen LogP contribution in [-0.4, -0.2) is 22.9 Å². The molecule has 6 nitrogen and oxygen atoms in total. The fourth-order valence-electron chi connectivity index (χ4n) is 1.88. The summed E-state index contributed by atoms with van der Waals surface area (Å²) >= 11 is 2.16. The van der Waals surface area contributed by atoms with E-state index >= 15 is 0 Å². The van der Waals surface area contributed by atoms with Gasteiger partial charge in [0.15, 0.2) is 0 Å². The first-order valence-electron chi connectivity index (χ1n) is 7.59. The molecule has 4 N–H and O–H groups in total. The molecule has 0 radical (unpaired) electrons. The molecule has 0 spiro atoms. The normalized spacial score (nSPS) is 10.7. The molecule has 25 heavy (non-hydrogen) atoms. The van der Waals surface area contributed by atoms with Crippen LogP contribution < -0.4 is 16.4 Å². The minimum atomic E-state index is -0.691. The number of urea groups is 1. The Morgan fingerprint density at radius 2 is 2.08 bits per heavy atom. The molecule has 0 fully saturated rings. The lowest BCUT2D eigenvalue weighted by molar-refractivity contribution is 0.0998. The molecule has 2 rings (SSSR count). The number of anilines is 1. The predicted octanol–water partition coefficient (Wildman–Crippen LogP) is 3.45. The Balaban J connectivity index is 2.09. The van der Waals surface area contributed by atoms with Crippen molar-refractivity contribution in [1.29, 1.82) is 0 Å². The van der Waals surface area contributed by atoms with Crippen molar-refractivity contribution in [1.82, 2.24) is 9.69 Å². The Hall–Kier alpha value is -2.13. The SMILES string of the molecule is CC(C)CNC(=O)Nc1snc(SCc2ccccc2F)c1C(N)=O. The number of nitrogens with one attached hydrogen (secondary N) is 2. The first-order chi connectivity index (χ1) is 11.9. The van der Waals surface area contributed by atoms with Gasteiger partial charge in [0.05, 0.1) is 0 Å². The molecule has 0 aliphatic heterocycles. The van der Waals surface area contributed by atoms with E-state index in [0.29, 0.717) is 28.8 Å². The number of rotatable bonds is 7. The molecule has 2 aromatic rings. The molecule has 1 aromatic heterocycles. The van der Waals surface area contributed by atoms with Crippen LogP contribution in [0.2, 0.25) is 0 Å². The maximum absolute atomic E-state index is 13.7. The summed E-state index contributed by atoms with van der Waals surface area (Å²) in [6.45, 7) is 4.45. The van der Waals surface area contributed by atoms with Crippen LogP contribution in [0.3, 0.4) is 0 Å². The second-order valence-electron chi connectivity index (χ2n) is 5.67. The Labute approximate surface area is 153 Å². The highest BCUT2D eigenvalue weighted by atomic mass is 32.2. The van der Waals surface area contributed by atoms with Crippen molar-refractivity contribution in [2.24, 2.45) is 11.7 Å². The van der Waals surface area contributed by atoms with Gasteiger partial charge < -0.3 is 11.1 Å². The smallest absolute Gasteiger partial charge is 0.319 e. The van der Waals surface area contributed by atoms with Crippen molar-refractivity contribution in [2.45, 2.75) is 24.6 Å². The third-order valence-corrected chi connectivity index (χ3v) is 5.03. The van der Waals surface area contributed by atoms with Gasteiger partial charge in [-0.25, -0.2) is 9.18 Å². The molecule has 0 atom stereocenters. The minimum absolute atomic E-state index is 0.144. The maximum Gasteiger partial charge on any atom is 0.319 e. The van der Waals surface area contributed by atoms with Crippen LogP contribution >= 0.6 is 23.3 Å². The standard InChI is InChI=1S/C16H19FN4O2S2/c1-9(2)7-19-16(23)20-14-12(13(18)22)15(21-25-14)24-8-10-5-3-4-6-11(10)17/h3-6,9H,7-8H2,1-2H3,(H2,18,22)(H2,19,20,23). The molecule has 0 aliphatic rings. The lowest BCUT2D eigenvalue weighted by Crippen LogP contribution is -2.32. The van der Waals surface area contributed by atoms with E-state index in [1.165, 1.54) is 17.8 Å². The van der Waals surface area contributed by atoms with E-state index in [1.807, 2.05) is 13.8 Å². The van der Waals surface area contributed by atoms with Gasteiger partial charge in [-0.15, -0.1) is 0 Å². The number of nitrogens with two attached hydrogens (primary N) is 1. The van der Waals surface area contributed by atoms with E-state index in [0.717, 1.165) is 11.5 Å². The Kier molecular flexibility index (Phi) is 6.77. The summed E-state index contributed by atoms with van der Waals surface area (Å²) in [6, 6.07) is 5.96. The highest BCUT2D eigenvalue weighted by molar-refractivity contribution is 7.98. The molecule has 0 aliphatic carbocycles. The summed E-state index contributed by atoms with van der Waals surface area (Å²) in [7, 11) is 0. The monoisotopic (exact) mass is 382 g/mol. The van der Waals surface area contributed by atoms with Gasteiger partial charge in [0.25, 0.3) is 5.91 Å². The number of carbonyl (C=O) groups is 2. The number of carbonyl (C=O) groups excluding carboxylic acids is 2. The summed E-state index contributed by atoms with van der Waals surface area (Å²) < 4.78 is 17.9. The zero-order chi connectivity index (χ0) is 18.4. The average Bonchev–Trinajstić information content (AvgIpc) is 2.95. The third kappa shape index (κ3) is 5.43. The Morgan fingerprint density at radius 3 is 2.72 bits per heavy atom. The summed E-state index contributed by atoms with van der Waals surface area (Å²) in [5, 5.41) is 5.94. The number of benzene rings is 1. The number of nitrogens with zero attached hydrogens (tertiary/aromatic N) is 1. The van der Waals surface area contributed by atoms with Gasteiger partial charge in [-0.1, -0.05) is 43.8 Å². The van der Waals surface area contributed by atoms with Crippen LogP contribution in [0.4, 0.5) is 14.2 Å². The van der Waals surface area contributed by atoms with Crippen LogP contribution in [0.1, 0.15) is 29.8 Å². The number of hydrogen-bond donors (Lipinski definition) is 3. The third-order valence-electron chi connectivity index (χ3n) is 3.13. The van der Waals surface area contributed by atoms with Crippen molar-refractivity contribution in [3.05, 3.63) is 41.2 Å². The molecule has 9 heteroatoms. The summed E-state index contributed by atoms with van der Waals surface area (Å²) in [5.74, 6) is -0.411. The first kappa shape index (κ1) is 19.2. The number of aromatic nitrogens is 1. The Bertz CT molecular complexity index is 764. The molecule has 3 amide bonds. The van der Waals surface area contributed by atoms with E-state index in [1.54, 1.807) is 18.2 Å². The van der Waals surface area contributed by atoms with Crippen molar-refractivity contribution in [3.63, 3.8) is 0 Å². The highest BCUT2D eigenvalue weighted by Crippen LogP contribution is 2.33. The zero-order valence-corrected chi connectivity index (χ0v) is 15.5. The molecule has 134 valence electrons. The van der Waals surface area contributed by atoms with Crippen LogP contribution in [0.25, 0.3) is 0 Å². The first-order valence-corrected chi connectivity index (χ1v) is 9.35. The number of amides is 3. The molecular weight excluding hydrogens is 363 g/mol. The van der Waals surface area contributed by atoms with Crippen LogP contribution in [0.15, 0.2) is 29.3 Å². The van der Waals surface area contributed by atoms with Crippen molar-refractivity contribution in [2.75, 3.05) is 11.9 Å². The summed E-state index contributed by atoms with van der Waals surface area (Å²) in [6.07, 6.45) is 0. The fourth-order valence-corrected chi connectivity index (χ4v) is 3.84. The molecule has 0 saturated heterocycles. The highest BCUT2D eigenvalue weighted by Gasteiger charge is 2.21. The fraction of sp³-hybridized carbons (Fsp3) is 0.312. The Morgan fingerprint density at radius 1 is 1.36 bits per heavy atom. The van der Waals surface area contributed by atoms with Crippen LogP contribution in [-0.2, 0) is 5.75 Å². The van der Waals surface area contributed by atoms with E-state index in [9.17, 15) is 14.0 Å². The second-order valence-corrected chi connectivity index (χ2v) is 7.40. The summed E-state index contributed by atoms with van der Waals surface area (Å²) in [4.78, 5) is 23.6. The van der Waals surface area contributed by atoms with Gasteiger partial charge in [-0.3, -0.25) is 10.1 Å². The van der Waals surface area contributed by atoms with Gasteiger partial charge >= 0.3 is 6.03 Å². The van der Waals surface area contributed by atoms with Gasteiger partial charge in [0, 0.05) is 12.3 Å². The van der Waals surface area contributed by atoms with E-state index in [4.69, 9.17) is 5.73 Å². The largest absolute Gasteiger partial charge is 0.365 e. The zero-order valence-electron chi connectivity index (χ0n) is 13.8. The number of thioether (sulfide) groups is 1. The predicted molar refractivity (Wildman–Crippen MR) is 98.5 cm³/mol. The van der Waals surface area contributed by atoms with E-state index < -0.39 is 11.9 Å². The van der Waals surface area contributed by atoms with Crippen LogP contribution in [0, 0.1) is 11.7 Å². The minimum Gasteiger partial charge on any atom is -0.365 e. The maximum atomic E-state index is 13.7. The topological polar surface area (TPSA) is 97.1 Å².